The molecule has 0 amide bonds. The molecule has 1 atom stereocenters. The summed E-state index contributed by atoms with van der Waals surface area (Å²) in [7, 11) is 1.28. The minimum atomic E-state index is -0.533. The number of nitrogen functional groups attached to an aromatic ring is 1. The Morgan fingerprint density at radius 2 is 2.18 bits per heavy atom. The molecule has 1 unspecified atom stereocenters. The van der Waals surface area contributed by atoms with Gasteiger partial charge in [0.2, 0.25) is 0 Å². The summed E-state index contributed by atoms with van der Waals surface area (Å²) in [4.78, 5) is 23.2. The largest absolute Gasteiger partial charge is 0.466 e. The van der Waals surface area contributed by atoms with Gasteiger partial charge in [-0.25, -0.2) is 4.79 Å². The van der Waals surface area contributed by atoms with E-state index in [1.165, 1.54) is 18.4 Å². The van der Waals surface area contributed by atoms with Crippen LogP contribution in [0.15, 0.2) is 5.38 Å². The maximum absolute atomic E-state index is 11.6. The smallest absolute Gasteiger partial charge is 0.341 e. The van der Waals surface area contributed by atoms with E-state index in [1.807, 2.05) is 0 Å². The SMILES string of the molecule is CCOC(=O)C(C)c1csc(N)c1C(=O)OC. The molecule has 2 N–H and O–H groups in total. The van der Waals surface area contributed by atoms with Gasteiger partial charge in [0.15, 0.2) is 0 Å². The Bertz CT molecular complexity index is 427. The maximum Gasteiger partial charge on any atom is 0.341 e. The Hall–Kier alpha value is -1.56. The number of ether oxygens (including phenoxy) is 2. The number of nitrogens with two attached hydrogens (primary N) is 1. The van der Waals surface area contributed by atoms with Crippen LogP contribution in [-0.4, -0.2) is 25.7 Å². The monoisotopic (exact) mass is 257 g/mol. The minimum Gasteiger partial charge on any atom is -0.466 e. The number of rotatable bonds is 4. The first-order valence-electron chi connectivity index (χ1n) is 5.14. The fraction of sp³-hybridized carbons (Fsp3) is 0.455. The lowest BCUT2D eigenvalue weighted by Gasteiger charge is -2.11. The van der Waals surface area contributed by atoms with Gasteiger partial charge in [0.1, 0.15) is 5.00 Å². The van der Waals surface area contributed by atoms with E-state index in [2.05, 4.69) is 4.74 Å². The number of anilines is 1. The molecule has 0 bridgehead atoms. The Morgan fingerprint density at radius 3 is 2.71 bits per heavy atom. The first-order chi connectivity index (χ1) is 8.02. The van der Waals surface area contributed by atoms with Gasteiger partial charge in [-0.2, -0.15) is 0 Å². The summed E-state index contributed by atoms with van der Waals surface area (Å²) in [5, 5.41) is 2.03. The zero-order valence-electron chi connectivity index (χ0n) is 9.98. The van der Waals surface area contributed by atoms with Crippen LogP contribution < -0.4 is 5.73 Å². The van der Waals surface area contributed by atoms with Crippen molar-refractivity contribution < 1.29 is 19.1 Å². The topological polar surface area (TPSA) is 78.6 Å². The number of carbonyl (C=O) groups is 2. The Kier molecular flexibility index (Phi) is 4.51. The highest BCUT2D eigenvalue weighted by atomic mass is 32.1. The molecule has 1 aromatic rings. The van der Waals surface area contributed by atoms with Crippen LogP contribution in [0.25, 0.3) is 0 Å². The number of hydrogen-bond acceptors (Lipinski definition) is 6. The third kappa shape index (κ3) is 2.76. The van der Waals surface area contributed by atoms with Crippen LogP contribution in [0.4, 0.5) is 5.00 Å². The molecule has 0 spiro atoms. The standard InChI is InChI=1S/C11H15NO4S/c1-4-16-10(13)6(2)7-5-17-9(12)8(7)11(14)15-3/h5-6H,4,12H2,1-3H3. The molecule has 1 heterocycles. The predicted molar refractivity (Wildman–Crippen MR) is 65.1 cm³/mol. The van der Waals surface area contributed by atoms with Crippen molar-refractivity contribution in [1.29, 1.82) is 0 Å². The van der Waals surface area contributed by atoms with Gasteiger partial charge in [0.25, 0.3) is 0 Å². The van der Waals surface area contributed by atoms with Crippen molar-refractivity contribution in [2.45, 2.75) is 19.8 Å². The van der Waals surface area contributed by atoms with Gasteiger partial charge >= 0.3 is 11.9 Å². The molecule has 0 saturated carbocycles. The van der Waals surface area contributed by atoms with Crippen LogP contribution in [0.1, 0.15) is 35.7 Å². The van der Waals surface area contributed by atoms with Crippen LogP contribution in [-0.2, 0) is 14.3 Å². The maximum atomic E-state index is 11.6. The van der Waals surface area contributed by atoms with Crippen molar-refractivity contribution in [1.82, 2.24) is 0 Å². The van der Waals surface area contributed by atoms with Gasteiger partial charge in [-0.1, -0.05) is 0 Å². The van der Waals surface area contributed by atoms with Gasteiger partial charge in [-0.15, -0.1) is 11.3 Å². The molecular weight excluding hydrogens is 242 g/mol. The first kappa shape index (κ1) is 13.5. The third-order valence-electron chi connectivity index (χ3n) is 2.34. The average molecular weight is 257 g/mol. The van der Waals surface area contributed by atoms with E-state index in [0.29, 0.717) is 17.2 Å². The van der Waals surface area contributed by atoms with Gasteiger partial charge in [0.05, 0.1) is 25.2 Å². The summed E-state index contributed by atoms with van der Waals surface area (Å²) in [6, 6.07) is 0. The molecule has 0 fully saturated rings. The van der Waals surface area contributed by atoms with Crippen molar-refractivity contribution in [3.8, 4) is 0 Å². The van der Waals surface area contributed by atoms with Gasteiger partial charge in [0, 0.05) is 0 Å². The molecule has 0 radical (unpaired) electrons. The Labute approximate surface area is 104 Å². The normalized spacial score (nSPS) is 11.9. The fourth-order valence-electron chi connectivity index (χ4n) is 1.42. The van der Waals surface area contributed by atoms with Crippen molar-refractivity contribution in [3.05, 3.63) is 16.5 Å². The highest BCUT2D eigenvalue weighted by Crippen LogP contribution is 2.32. The summed E-state index contributed by atoms with van der Waals surface area (Å²) >= 11 is 1.21. The lowest BCUT2D eigenvalue weighted by atomic mass is 10.00. The molecule has 5 nitrogen and oxygen atoms in total. The van der Waals surface area contributed by atoms with Crippen LogP contribution >= 0.6 is 11.3 Å². The van der Waals surface area contributed by atoms with E-state index in [9.17, 15) is 9.59 Å². The molecule has 17 heavy (non-hydrogen) atoms. The molecule has 94 valence electrons. The summed E-state index contributed by atoms with van der Waals surface area (Å²) in [6.45, 7) is 3.70. The van der Waals surface area contributed by atoms with Crippen LogP contribution in [0, 0.1) is 0 Å². The highest BCUT2D eigenvalue weighted by Gasteiger charge is 2.26. The quantitative estimate of drug-likeness (QED) is 0.832. The zero-order valence-corrected chi connectivity index (χ0v) is 10.8. The average Bonchev–Trinajstić information content (AvgIpc) is 2.69. The molecule has 0 aliphatic carbocycles. The van der Waals surface area contributed by atoms with Gasteiger partial charge in [-0.05, 0) is 24.8 Å². The predicted octanol–water partition coefficient (Wildman–Crippen LogP) is 1.78. The molecule has 0 aliphatic heterocycles. The molecule has 0 aromatic carbocycles. The van der Waals surface area contributed by atoms with Crippen molar-refractivity contribution in [2.24, 2.45) is 0 Å². The Morgan fingerprint density at radius 1 is 1.53 bits per heavy atom. The zero-order chi connectivity index (χ0) is 13.0. The lowest BCUT2D eigenvalue weighted by Crippen LogP contribution is -2.16. The van der Waals surface area contributed by atoms with E-state index in [1.54, 1.807) is 19.2 Å². The summed E-state index contributed by atoms with van der Waals surface area (Å²) in [6.07, 6.45) is 0. The molecule has 0 aliphatic rings. The number of esters is 2. The van der Waals surface area contributed by atoms with Crippen LogP contribution in [0.2, 0.25) is 0 Å². The molecule has 6 heteroatoms. The second kappa shape index (κ2) is 5.67. The van der Waals surface area contributed by atoms with E-state index in [0.717, 1.165) is 0 Å². The van der Waals surface area contributed by atoms with Crippen LogP contribution in [0.5, 0.6) is 0 Å². The van der Waals surface area contributed by atoms with E-state index < -0.39 is 11.9 Å². The van der Waals surface area contributed by atoms with Crippen molar-refractivity contribution in [3.63, 3.8) is 0 Å². The fourth-order valence-corrected chi connectivity index (χ4v) is 2.32. The van der Waals surface area contributed by atoms with E-state index in [4.69, 9.17) is 10.5 Å². The lowest BCUT2D eigenvalue weighted by molar-refractivity contribution is -0.144. The van der Waals surface area contributed by atoms with Crippen molar-refractivity contribution >= 4 is 28.3 Å². The van der Waals surface area contributed by atoms with E-state index in [-0.39, 0.29) is 11.5 Å². The molecule has 0 saturated heterocycles. The second-order valence-corrected chi connectivity index (χ2v) is 4.31. The number of methoxy groups -OCH3 is 1. The highest BCUT2D eigenvalue weighted by molar-refractivity contribution is 7.14. The number of hydrogen-bond donors (Lipinski definition) is 1. The first-order valence-corrected chi connectivity index (χ1v) is 6.02. The summed E-state index contributed by atoms with van der Waals surface area (Å²) in [5.74, 6) is -1.44. The molecule has 1 rings (SSSR count). The second-order valence-electron chi connectivity index (χ2n) is 3.40. The number of thiophene rings is 1. The Balaban J connectivity index is 3.06. The summed E-state index contributed by atoms with van der Waals surface area (Å²) in [5.41, 5.74) is 6.51. The molecular formula is C11H15NO4S. The third-order valence-corrected chi connectivity index (χ3v) is 3.17. The van der Waals surface area contributed by atoms with Crippen LogP contribution in [0.3, 0.4) is 0 Å². The minimum absolute atomic E-state index is 0.262. The van der Waals surface area contributed by atoms with E-state index >= 15 is 0 Å². The number of carbonyl (C=O) groups excluding carboxylic acids is 2. The van der Waals surface area contributed by atoms with Gasteiger partial charge in [-0.3, -0.25) is 4.79 Å². The van der Waals surface area contributed by atoms with Crippen molar-refractivity contribution in [2.75, 3.05) is 19.5 Å². The molecule has 1 aromatic heterocycles. The summed E-state index contributed by atoms with van der Waals surface area (Å²) < 4.78 is 9.55. The van der Waals surface area contributed by atoms with Gasteiger partial charge < -0.3 is 15.2 Å².